The predicted molar refractivity (Wildman–Crippen MR) is 85.4 cm³/mol. The van der Waals surface area contributed by atoms with Gasteiger partial charge in [0.15, 0.2) is 0 Å². The minimum atomic E-state index is 0.455. The van der Waals surface area contributed by atoms with Crippen LogP contribution in [0.15, 0.2) is 30.3 Å². The van der Waals surface area contributed by atoms with Crippen LogP contribution in [0.2, 0.25) is 0 Å². The number of aromatic nitrogens is 1. The zero-order valence-corrected chi connectivity index (χ0v) is 12.6. The number of ether oxygens (including phenoxy) is 1. The number of pyridine rings is 1. The summed E-state index contributed by atoms with van der Waals surface area (Å²) in [5.74, 6) is 0.692. The molecule has 1 atom stereocenters. The van der Waals surface area contributed by atoms with Gasteiger partial charge in [0.05, 0.1) is 12.1 Å². The van der Waals surface area contributed by atoms with Crippen molar-refractivity contribution < 1.29 is 4.74 Å². The minimum Gasteiger partial charge on any atom is -0.477 e. The molecule has 1 aliphatic heterocycles. The van der Waals surface area contributed by atoms with E-state index in [9.17, 15) is 0 Å². The Kier molecular flexibility index (Phi) is 4.36. The predicted octanol–water partition coefficient (Wildman–Crippen LogP) is 2.56. The molecule has 1 aliphatic rings. The highest BCUT2D eigenvalue weighted by Gasteiger charge is 2.20. The van der Waals surface area contributed by atoms with E-state index in [4.69, 9.17) is 10.5 Å². The van der Waals surface area contributed by atoms with Crippen LogP contribution in [0.25, 0.3) is 10.9 Å². The molecular formula is C17H23N3O. The van der Waals surface area contributed by atoms with Crippen LogP contribution in [0.1, 0.15) is 24.8 Å². The molecule has 0 amide bonds. The Morgan fingerprint density at radius 2 is 2.24 bits per heavy atom. The lowest BCUT2D eigenvalue weighted by Crippen LogP contribution is -2.26. The second-order valence-corrected chi connectivity index (χ2v) is 5.76. The molecule has 2 heterocycles. The van der Waals surface area contributed by atoms with Crippen molar-refractivity contribution in [1.82, 2.24) is 9.88 Å². The highest BCUT2D eigenvalue weighted by atomic mass is 16.5. The molecule has 1 fully saturated rings. The van der Waals surface area contributed by atoms with Crippen LogP contribution in [0.3, 0.4) is 0 Å². The van der Waals surface area contributed by atoms with Gasteiger partial charge < -0.3 is 15.4 Å². The van der Waals surface area contributed by atoms with Gasteiger partial charge in [-0.15, -0.1) is 0 Å². The highest BCUT2D eigenvalue weighted by Crippen LogP contribution is 2.23. The molecule has 0 bridgehead atoms. The summed E-state index contributed by atoms with van der Waals surface area (Å²) in [4.78, 5) is 7.03. The van der Waals surface area contributed by atoms with Gasteiger partial charge in [0.1, 0.15) is 0 Å². The van der Waals surface area contributed by atoms with Crippen molar-refractivity contribution in [3.05, 3.63) is 35.9 Å². The molecule has 1 saturated heterocycles. The lowest BCUT2D eigenvalue weighted by Gasteiger charge is -2.19. The van der Waals surface area contributed by atoms with Gasteiger partial charge in [0.2, 0.25) is 5.88 Å². The fraction of sp³-hybridized carbons (Fsp3) is 0.471. The monoisotopic (exact) mass is 285 g/mol. The molecule has 4 nitrogen and oxygen atoms in total. The Bertz CT molecular complexity index is 614. The van der Waals surface area contributed by atoms with Crippen LogP contribution in [-0.2, 0) is 6.54 Å². The van der Waals surface area contributed by atoms with Gasteiger partial charge in [-0.1, -0.05) is 18.2 Å². The Morgan fingerprint density at radius 1 is 1.38 bits per heavy atom. The Hall–Kier alpha value is -1.65. The molecule has 4 heteroatoms. The maximum Gasteiger partial charge on any atom is 0.218 e. The van der Waals surface area contributed by atoms with E-state index in [1.54, 1.807) is 0 Å². The van der Waals surface area contributed by atoms with E-state index in [2.05, 4.69) is 29.1 Å². The van der Waals surface area contributed by atoms with E-state index < -0.39 is 0 Å². The fourth-order valence-electron chi connectivity index (χ4n) is 3.05. The first-order chi connectivity index (χ1) is 10.3. The molecule has 0 saturated carbocycles. The summed E-state index contributed by atoms with van der Waals surface area (Å²) in [7, 11) is 2.19. The summed E-state index contributed by atoms with van der Waals surface area (Å²) in [6, 6.07) is 10.8. The number of nitrogens with two attached hydrogens (primary N) is 1. The highest BCUT2D eigenvalue weighted by molar-refractivity contribution is 5.80. The third kappa shape index (κ3) is 3.17. The standard InChI is InChI=1S/C17H23N3O/c1-20-9-4-6-15(20)8-10-21-17-14(12-18)11-13-5-2-3-7-16(13)19-17/h2-3,5,7,11,15H,4,6,8-10,12,18H2,1H3. The van der Waals surface area contributed by atoms with Crippen molar-refractivity contribution in [3.8, 4) is 5.88 Å². The van der Waals surface area contributed by atoms with Crippen molar-refractivity contribution in [1.29, 1.82) is 0 Å². The van der Waals surface area contributed by atoms with E-state index in [1.165, 1.54) is 19.4 Å². The number of benzene rings is 1. The summed E-state index contributed by atoms with van der Waals surface area (Å²) >= 11 is 0. The molecule has 0 radical (unpaired) electrons. The molecular weight excluding hydrogens is 262 g/mol. The number of rotatable bonds is 5. The van der Waals surface area contributed by atoms with Gasteiger partial charge in [-0.05, 0) is 45.0 Å². The lowest BCUT2D eigenvalue weighted by atomic mass is 10.1. The number of hydrogen-bond donors (Lipinski definition) is 1. The third-order valence-corrected chi connectivity index (χ3v) is 4.34. The van der Waals surface area contributed by atoms with Crippen LogP contribution in [0.4, 0.5) is 0 Å². The lowest BCUT2D eigenvalue weighted by molar-refractivity contribution is 0.228. The first kappa shape index (κ1) is 14.3. The first-order valence-corrected chi connectivity index (χ1v) is 7.69. The molecule has 0 aliphatic carbocycles. The van der Waals surface area contributed by atoms with Crippen LogP contribution >= 0.6 is 0 Å². The number of hydrogen-bond acceptors (Lipinski definition) is 4. The quantitative estimate of drug-likeness (QED) is 0.917. The molecule has 1 aromatic heterocycles. The van der Waals surface area contributed by atoms with E-state index in [0.29, 0.717) is 25.1 Å². The third-order valence-electron chi connectivity index (χ3n) is 4.34. The van der Waals surface area contributed by atoms with Crippen molar-refractivity contribution in [2.75, 3.05) is 20.2 Å². The van der Waals surface area contributed by atoms with Crippen molar-refractivity contribution in [2.45, 2.75) is 31.8 Å². The molecule has 2 aromatic rings. The molecule has 2 N–H and O–H groups in total. The topological polar surface area (TPSA) is 51.4 Å². The Morgan fingerprint density at radius 3 is 3.00 bits per heavy atom. The van der Waals surface area contributed by atoms with Crippen LogP contribution in [0, 0.1) is 0 Å². The molecule has 3 rings (SSSR count). The van der Waals surface area contributed by atoms with Crippen molar-refractivity contribution in [2.24, 2.45) is 5.73 Å². The Balaban J connectivity index is 1.70. The molecule has 1 aromatic carbocycles. The average molecular weight is 285 g/mol. The average Bonchev–Trinajstić information content (AvgIpc) is 2.92. The second-order valence-electron chi connectivity index (χ2n) is 5.76. The van der Waals surface area contributed by atoms with E-state index in [-0.39, 0.29) is 0 Å². The smallest absolute Gasteiger partial charge is 0.218 e. The van der Waals surface area contributed by atoms with Gasteiger partial charge in [-0.3, -0.25) is 0 Å². The van der Waals surface area contributed by atoms with Crippen LogP contribution in [0.5, 0.6) is 5.88 Å². The Labute approximate surface area is 125 Å². The van der Waals surface area contributed by atoms with Gasteiger partial charge >= 0.3 is 0 Å². The number of para-hydroxylation sites is 1. The molecule has 1 unspecified atom stereocenters. The molecule has 0 spiro atoms. The van der Waals surface area contributed by atoms with Gasteiger partial charge in [0.25, 0.3) is 0 Å². The fourth-order valence-corrected chi connectivity index (χ4v) is 3.05. The normalized spacial score (nSPS) is 19.2. The summed E-state index contributed by atoms with van der Waals surface area (Å²) in [5, 5.41) is 1.11. The van der Waals surface area contributed by atoms with Gasteiger partial charge in [0, 0.05) is 23.5 Å². The number of likely N-dealkylation sites (tertiary alicyclic amines) is 1. The number of fused-ring (bicyclic) bond motifs is 1. The minimum absolute atomic E-state index is 0.455. The van der Waals surface area contributed by atoms with Gasteiger partial charge in [-0.25, -0.2) is 4.98 Å². The number of nitrogens with zero attached hydrogens (tertiary/aromatic N) is 2. The second kappa shape index (κ2) is 6.41. The summed E-state index contributed by atoms with van der Waals surface area (Å²) in [6.45, 7) is 2.36. The molecule has 21 heavy (non-hydrogen) atoms. The largest absolute Gasteiger partial charge is 0.477 e. The van der Waals surface area contributed by atoms with E-state index in [0.717, 1.165) is 22.9 Å². The molecule has 112 valence electrons. The van der Waals surface area contributed by atoms with Crippen molar-refractivity contribution >= 4 is 10.9 Å². The van der Waals surface area contributed by atoms with Crippen molar-refractivity contribution in [3.63, 3.8) is 0 Å². The maximum absolute atomic E-state index is 5.93. The van der Waals surface area contributed by atoms with E-state index in [1.807, 2.05) is 18.2 Å². The summed E-state index contributed by atoms with van der Waals surface area (Å²) in [6.07, 6.45) is 3.62. The van der Waals surface area contributed by atoms with Crippen LogP contribution < -0.4 is 10.5 Å². The summed E-state index contributed by atoms with van der Waals surface area (Å²) in [5.41, 5.74) is 7.77. The van der Waals surface area contributed by atoms with Gasteiger partial charge in [-0.2, -0.15) is 0 Å². The zero-order valence-electron chi connectivity index (χ0n) is 12.6. The zero-order chi connectivity index (χ0) is 14.7. The first-order valence-electron chi connectivity index (χ1n) is 7.69. The summed E-state index contributed by atoms with van der Waals surface area (Å²) < 4.78 is 5.93. The van der Waals surface area contributed by atoms with E-state index >= 15 is 0 Å². The maximum atomic E-state index is 5.93. The van der Waals surface area contributed by atoms with Crippen LogP contribution in [-0.4, -0.2) is 36.1 Å². The SMILES string of the molecule is CN1CCCC1CCOc1nc2ccccc2cc1CN.